The summed E-state index contributed by atoms with van der Waals surface area (Å²) in [5.41, 5.74) is 0.705. The molecule has 2 aliphatic rings. The van der Waals surface area contributed by atoms with Crippen LogP contribution in [0.3, 0.4) is 0 Å². The summed E-state index contributed by atoms with van der Waals surface area (Å²) in [6, 6.07) is 6.04. The smallest absolute Gasteiger partial charge is 0.318 e. The number of benzene rings is 1. The zero-order chi connectivity index (χ0) is 18.8. The summed E-state index contributed by atoms with van der Waals surface area (Å²) in [4.78, 5) is 39.5. The molecule has 2 heterocycles. The first-order chi connectivity index (χ1) is 12.3. The number of hydrogen-bond donors (Lipinski definition) is 2. The van der Waals surface area contributed by atoms with E-state index in [1.807, 2.05) is 6.92 Å². The fourth-order valence-corrected chi connectivity index (χ4v) is 3.84. The van der Waals surface area contributed by atoms with E-state index in [0.29, 0.717) is 36.6 Å². The van der Waals surface area contributed by atoms with E-state index >= 15 is 0 Å². The highest BCUT2D eigenvalue weighted by Gasteiger charge is 2.37. The number of halogens is 1. The Labute approximate surface area is 156 Å². The van der Waals surface area contributed by atoms with Crippen LogP contribution in [-0.4, -0.2) is 53.6 Å². The van der Waals surface area contributed by atoms with Crippen LogP contribution in [0.5, 0.6) is 0 Å². The van der Waals surface area contributed by atoms with E-state index in [4.69, 9.17) is 11.6 Å². The highest BCUT2D eigenvalue weighted by molar-refractivity contribution is 6.31. The van der Waals surface area contributed by atoms with Crippen molar-refractivity contribution in [3.05, 3.63) is 29.3 Å². The van der Waals surface area contributed by atoms with Gasteiger partial charge < -0.3 is 20.2 Å². The third-order valence-electron chi connectivity index (χ3n) is 4.92. The van der Waals surface area contributed by atoms with Gasteiger partial charge in [-0.05, 0) is 37.0 Å². The quantitative estimate of drug-likeness (QED) is 0.842. The predicted octanol–water partition coefficient (Wildman–Crippen LogP) is 2.20. The van der Waals surface area contributed by atoms with Gasteiger partial charge in [0.25, 0.3) is 0 Å². The lowest BCUT2D eigenvalue weighted by atomic mass is 9.91. The number of nitrogens with zero attached hydrogens (tertiary/aromatic N) is 2. The molecule has 2 saturated heterocycles. The largest absolute Gasteiger partial charge is 0.481 e. The molecule has 3 amide bonds. The zero-order valence-corrected chi connectivity index (χ0v) is 15.3. The number of hydrogen-bond acceptors (Lipinski definition) is 3. The number of aliphatic carboxylic acids is 1. The number of carbonyl (C=O) groups is 3. The van der Waals surface area contributed by atoms with Crippen LogP contribution in [0.2, 0.25) is 5.02 Å². The SMILES string of the molecule is CC1CC(C(=O)O)CN(C(=O)NC2CCN(c3cccc(Cl)c3)C2=O)C1. The predicted molar refractivity (Wildman–Crippen MR) is 97.2 cm³/mol. The highest BCUT2D eigenvalue weighted by atomic mass is 35.5. The molecule has 0 aromatic heterocycles. The van der Waals surface area contributed by atoms with Gasteiger partial charge in [0.05, 0.1) is 5.92 Å². The minimum Gasteiger partial charge on any atom is -0.481 e. The van der Waals surface area contributed by atoms with Crippen LogP contribution >= 0.6 is 11.6 Å². The van der Waals surface area contributed by atoms with Crippen molar-refractivity contribution in [1.82, 2.24) is 10.2 Å². The fourth-order valence-electron chi connectivity index (χ4n) is 3.65. The van der Waals surface area contributed by atoms with E-state index in [9.17, 15) is 19.5 Å². The molecule has 0 spiro atoms. The second-order valence-corrected chi connectivity index (χ2v) is 7.48. The Kier molecular flexibility index (Phi) is 5.36. The minimum absolute atomic E-state index is 0.109. The van der Waals surface area contributed by atoms with Crippen LogP contribution in [0.25, 0.3) is 0 Å². The normalized spacial score (nSPS) is 26.1. The van der Waals surface area contributed by atoms with E-state index in [0.717, 1.165) is 0 Å². The Morgan fingerprint density at radius 1 is 1.31 bits per heavy atom. The fraction of sp³-hybridized carbons (Fsp3) is 0.500. The standard InChI is InChI=1S/C18H22ClN3O4/c1-11-7-12(17(24)25)10-21(9-11)18(26)20-15-5-6-22(16(15)23)14-4-2-3-13(19)8-14/h2-4,8,11-12,15H,5-7,9-10H2,1H3,(H,20,26)(H,24,25). The third kappa shape index (κ3) is 3.93. The van der Waals surface area contributed by atoms with Crippen LogP contribution in [0, 0.1) is 11.8 Å². The van der Waals surface area contributed by atoms with Crippen molar-refractivity contribution in [2.75, 3.05) is 24.5 Å². The monoisotopic (exact) mass is 379 g/mol. The van der Waals surface area contributed by atoms with Crippen molar-refractivity contribution in [2.45, 2.75) is 25.8 Å². The van der Waals surface area contributed by atoms with Crippen molar-refractivity contribution in [3.8, 4) is 0 Å². The summed E-state index contributed by atoms with van der Waals surface area (Å²) in [5.74, 6) is -1.52. The molecule has 0 aliphatic carbocycles. The summed E-state index contributed by atoms with van der Waals surface area (Å²) in [7, 11) is 0. The zero-order valence-electron chi connectivity index (χ0n) is 14.5. The topological polar surface area (TPSA) is 89.9 Å². The van der Waals surface area contributed by atoms with E-state index in [1.165, 1.54) is 4.90 Å². The van der Waals surface area contributed by atoms with Crippen molar-refractivity contribution in [2.24, 2.45) is 11.8 Å². The average molecular weight is 380 g/mol. The van der Waals surface area contributed by atoms with Gasteiger partial charge in [-0.1, -0.05) is 24.6 Å². The average Bonchev–Trinajstić information content (AvgIpc) is 2.95. The molecule has 0 bridgehead atoms. The van der Waals surface area contributed by atoms with Gasteiger partial charge in [0.15, 0.2) is 0 Å². The molecule has 1 aromatic rings. The number of anilines is 1. The second kappa shape index (κ2) is 7.53. The molecule has 3 atom stereocenters. The van der Waals surface area contributed by atoms with Gasteiger partial charge in [0, 0.05) is 30.3 Å². The molecule has 2 aliphatic heterocycles. The Hall–Kier alpha value is -2.28. The lowest BCUT2D eigenvalue weighted by Gasteiger charge is -2.35. The minimum atomic E-state index is -0.890. The molecule has 7 nitrogen and oxygen atoms in total. The third-order valence-corrected chi connectivity index (χ3v) is 5.15. The molecule has 140 valence electrons. The first-order valence-electron chi connectivity index (χ1n) is 8.70. The van der Waals surface area contributed by atoms with Gasteiger partial charge in [-0.15, -0.1) is 0 Å². The number of piperidine rings is 1. The second-order valence-electron chi connectivity index (χ2n) is 7.04. The van der Waals surface area contributed by atoms with Gasteiger partial charge in [0.2, 0.25) is 5.91 Å². The number of carbonyl (C=O) groups excluding carboxylic acids is 2. The van der Waals surface area contributed by atoms with Crippen LogP contribution in [0.1, 0.15) is 19.8 Å². The van der Waals surface area contributed by atoms with E-state index in [1.54, 1.807) is 29.2 Å². The number of urea groups is 1. The van der Waals surface area contributed by atoms with Crippen molar-refractivity contribution in [1.29, 1.82) is 0 Å². The molecule has 2 fully saturated rings. The summed E-state index contributed by atoms with van der Waals surface area (Å²) in [6.45, 7) is 3.09. The Morgan fingerprint density at radius 3 is 2.77 bits per heavy atom. The van der Waals surface area contributed by atoms with Gasteiger partial charge in [0.1, 0.15) is 6.04 Å². The summed E-state index contributed by atoms with van der Waals surface area (Å²) < 4.78 is 0. The number of amides is 3. The van der Waals surface area contributed by atoms with Gasteiger partial charge in [-0.25, -0.2) is 4.79 Å². The first-order valence-corrected chi connectivity index (χ1v) is 9.08. The number of carboxylic acids is 1. The highest BCUT2D eigenvalue weighted by Crippen LogP contribution is 2.25. The Balaban J connectivity index is 1.63. The lowest BCUT2D eigenvalue weighted by molar-refractivity contribution is -0.143. The molecule has 0 radical (unpaired) electrons. The van der Waals surface area contributed by atoms with Crippen molar-refractivity contribution >= 4 is 35.2 Å². The maximum absolute atomic E-state index is 12.6. The first kappa shape index (κ1) is 18.5. The molecule has 1 aromatic carbocycles. The molecular formula is C18H22ClN3O4. The summed E-state index contributed by atoms with van der Waals surface area (Å²) in [6.07, 6.45) is 1.06. The molecule has 2 N–H and O–H groups in total. The Bertz CT molecular complexity index is 726. The summed E-state index contributed by atoms with van der Waals surface area (Å²) >= 11 is 5.98. The maximum atomic E-state index is 12.6. The number of likely N-dealkylation sites (tertiary alicyclic amines) is 1. The van der Waals surface area contributed by atoms with Crippen molar-refractivity contribution in [3.63, 3.8) is 0 Å². The molecular weight excluding hydrogens is 358 g/mol. The van der Waals surface area contributed by atoms with Crippen LogP contribution in [-0.2, 0) is 9.59 Å². The molecule has 3 rings (SSSR count). The molecule has 0 saturated carbocycles. The van der Waals surface area contributed by atoms with E-state index in [-0.39, 0.29) is 24.4 Å². The van der Waals surface area contributed by atoms with Crippen LogP contribution in [0.4, 0.5) is 10.5 Å². The molecule has 3 unspecified atom stereocenters. The molecule has 8 heteroatoms. The van der Waals surface area contributed by atoms with Crippen LogP contribution < -0.4 is 10.2 Å². The van der Waals surface area contributed by atoms with E-state index < -0.39 is 17.9 Å². The van der Waals surface area contributed by atoms with Gasteiger partial charge in [-0.3, -0.25) is 9.59 Å². The van der Waals surface area contributed by atoms with E-state index in [2.05, 4.69) is 5.32 Å². The number of carboxylic acid groups (broad SMARTS) is 1. The number of rotatable bonds is 3. The Morgan fingerprint density at radius 2 is 2.08 bits per heavy atom. The van der Waals surface area contributed by atoms with Gasteiger partial charge >= 0.3 is 12.0 Å². The summed E-state index contributed by atoms with van der Waals surface area (Å²) in [5, 5.41) is 12.5. The van der Waals surface area contributed by atoms with Gasteiger partial charge in [-0.2, -0.15) is 0 Å². The van der Waals surface area contributed by atoms with Crippen molar-refractivity contribution < 1.29 is 19.5 Å². The van der Waals surface area contributed by atoms with Crippen LogP contribution in [0.15, 0.2) is 24.3 Å². The maximum Gasteiger partial charge on any atom is 0.318 e. The molecule has 26 heavy (non-hydrogen) atoms. The lowest BCUT2D eigenvalue weighted by Crippen LogP contribution is -2.53. The number of nitrogens with one attached hydrogen (secondary N) is 1.